The number of carbonyl (C=O) groups excluding carboxylic acids is 1. The molecule has 2 aromatic rings. The zero-order valence-corrected chi connectivity index (χ0v) is 11.0. The summed E-state index contributed by atoms with van der Waals surface area (Å²) in [6.07, 6.45) is 0. The molecule has 4 heteroatoms. The van der Waals surface area contributed by atoms with Crippen LogP contribution in [0.4, 0.5) is 5.69 Å². The van der Waals surface area contributed by atoms with E-state index < -0.39 is 6.04 Å². The summed E-state index contributed by atoms with van der Waals surface area (Å²) in [5, 5.41) is 12.4. The number of nitrogens with zero attached hydrogens (tertiary/aromatic N) is 1. The number of anilines is 1. The van der Waals surface area contributed by atoms with Crippen LogP contribution in [0.2, 0.25) is 0 Å². The average Bonchev–Trinajstić information content (AvgIpc) is 2.53. The van der Waals surface area contributed by atoms with E-state index in [4.69, 9.17) is 0 Å². The van der Waals surface area contributed by atoms with Gasteiger partial charge >= 0.3 is 5.97 Å². The van der Waals surface area contributed by atoms with Crippen molar-refractivity contribution in [2.45, 2.75) is 6.04 Å². The molecule has 0 aliphatic carbocycles. The Morgan fingerprint density at radius 2 is 1.80 bits per heavy atom. The number of rotatable bonds is 4. The molecule has 0 amide bonds. The summed E-state index contributed by atoms with van der Waals surface area (Å²) in [6.45, 7) is 0. The molecule has 0 aliphatic heterocycles. The van der Waals surface area contributed by atoms with Gasteiger partial charge in [0.1, 0.15) is 6.04 Å². The Hall–Kier alpha value is -2.80. The van der Waals surface area contributed by atoms with Gasteiger partial charge in [-0.25, -0.2) is 4.79 Å². The average molecular weight is 266 g/mol. The summed E-state index contributed by atoms with van der Waals surface area (Å²) in [5.74, 6) is -0.388. The Morgan fingerprint density at radius 1 is 1.15 bits per heavy atom. The molecule has 0 aromatic heterocycles. The molecular weight excluding hydrogens is 252 g/mol. The highest BCUT2D eigenvalue weighted by Crippen LogP contribution is 2.19. The molecule has 100 valence electrons. The first-order chi connectivity index (χ1) is 9.74. The summed E-state index contributed by atoms with van der Waals surface area (Å²) in [6, 6.07) is 18.0. The SMILES string of the molecule is COC(=O)c1ccc(C(C#N)Nc2ccccc2)cc1. The van der Waals surface area contributed by atoms with Gasteiger partial charge in [0.25, 0.3) is 0 Å². The van der Waals surface area contributed by atoms with Gasteiger partial charge in [0.2, 0.25) is 0 Å². The van der Waals surface area contributed by atoms with Gasteiger partial charge in [-0.15, -0.1) is 0 Å². The minimum Gasteiger partial charge on any atom is -0.465 e. The molecule has 1 N–H and O–H groups in total. The third kappa shape index (κ3) is 3.15. The van der Waals surface area contributed by atoms with Crippen molar-refractivity contribution in [3.8, 4) is 6.07 Å². The number of benzene rings is 2. The lowest BCUT2D eigenvalue weighted by Crippen LogP contribution is -2.09. The third-order valence-electron chi connectivity index (χ3n) is 2.88. The van der Waals surface area contributed by atoms with Crippen molar-refractivity contribution in [3.05, 3.63) is 65.7 Å². The second-order valence-electron chi connectivity index (χ2n) is 4.19. The number of nitriles is 1. The molecule has 0 saturated carbocycles. The molecule has 2 rings (SSSR count). The Balaban J connectivity index is 2.16. The minimum atomic E-state index is -0.468. The summed E-state index contributed by atoms with van der Waals surface area (Å²) in [7, 11) is 1.34. The van der Waals surface area contributed by atoms with Gasteiger partial charge in [-0.05, 0) is 29.8 Å². The predicted octanol–water partition coefficient (Wildman–Crippen LogP) is 3.15. The van der Waals surface area contributed by atoms with E-state index in [1.807, 2.05) is 30.3 Å². The number of hydrogen-bond donors (Lipinski definition) is 1. The van der Waals surface area contributed by atoms with E-state index in [-0.39, 0.29) is 5.97 Å². The lowest BCUT2D eigenvalue weighted by atomic mass is 10.1. The van der Waals surface area contributed by atoms with E-state index in [0.29, 0.717) is 5.56 Å². The van der Waals surface area contributed by atoms with E-state index in [2.05, 4.69) is 16.1 Å². The Kier molecular flexibility index (Phi) is 4.35. The quantitative estimate of drug-likeness (QED) is 0.863. The third-order valence-corrected chi connectivity index (χ3v) is 2.88. The van der Waals surface area contributed by atoms with Crippen LogP contribution in [0.1, 0.15) is 22.0 Å². The molecule has 0 bridgehead atoms. The standard InChI is InChI=1S/C16H14N2O2/c1-20-16(19)13-9-7-12(8-10-13)15(11-17)18-14-5-3-2-4-6-14/h2-10,15,18H,1H3. The van der Waals surface area contributed by atoms with E-state index in [1.54, 1.807) is 24.3 Å². The molecule has 4 nitrogen and oxygen atoms in total. The zero-order valence-electron chi connectivity index (χ0n) is 11.0. The lowest BCUT2D eigenvalue weighted by molar-refractivity contribution is 0.0600. The number of para-hydroxylation sites is 1. The Labute approximate surface area is 117 Å². The summed E-state index contributed by atoms with van der Waals surface area (Å²) in [5.41, 5.74) is 2.13. The van der Waals surface area contributed by atoms with Crippen LogP contribution in [0.25, 0.3) is 0 Å². The fourth-order valence-corrected chi connectivity index (χ4v) is 1.82. The van der Waals surface area contributed by atoms with Crippen molar-refractivity contribution < 1.29 is 9.53 Å². The summed E-state index contributed by atoms with van der Waals surface area (Å²) < 4.78 is 4.64. The van der Waals surface area contributed by atoms with Crippen molar-refractivity contribution in [3.63, 3.8) is 0 Å². The van der Waals surface area contributed by atoms with Gasteiger partial charge in [0, 0.05) is 5.69 Å². The number of ether oxygens (including phenoxy) is 1. The van der Waals surface area contributed by atoms with Crippen LogP contribution in [0.15, 0.2) is 54.6 Å². The fourth-order valence-electron chi connectivity index (χ4n) is 1.82. The van der Waals surface area contributed by atoms with Crippen molar-refractivity contribution in [2.24, 2.45) is 0 Å². The highest BCUT2D eigenvalue weighted by molar-refractivity contribution is 5.89. The number of methoxy groups -OCH3 is 1. The molecule has 0 spiro atoms. The number of esters is 1. The van der Waals surface area contributed by atoms with Crippen LogP contribution in [0, 0.1) is 11.3 Å². The van der Waals surface area contributed by atoms with Crippen molar-refractivity contribution in [1.29, 1.82) is 5.26 Å². The topological polar surface area (TPSA) is 62.1 Å². The second-order valence-corrected chi connectivity index (χ2v) is 4.19. The van der Waals surface area contributed by atoms with Crippen molar-refractivity contribution >= 4 is 11.7 Å². The van der Waals surface area contributed by atoms with Crippen molar-refractivity contribution in [1.82, 2.24) is 0 Å². The maximum atomic E-state index is 11.4. The highest BCUT2D eigenvalue weighted by Gasteiger charge is 2.11. The Bertz CT molecular complexity index is 615. The number of nitrogens with one attached hydrogen (secondary N) is 1. The molecule has 1 unspecified atom stereocenters. The summed E-state index contributed by atoms with van der Waals surface area (Å²) in [4.78, 5) is 11.4. The molecule has 0 fully saturated rings. The maximum Gasteiger partial charge on any atom is 0.337 e. The molecule has 0 saturated heterocycles. The first-order valence-electron chi connectivity index (χ1n) is 6.14. The molecule has 2 aromatic carbocycles. The van der Waals surface area contributed by atoms with Crippen LogP contribution >= 0.6 is 0 Å². The molecule has 0 aliphatic rings. The monoisotopic (exact) mass is 266 g/mol. The minimum absolute atomic E-state index is 0.388. The first-order valence-corrected chi connectivity index (χ1v) is 6.14. The zero-order chi connectivity index (χ0) is 14.4. The van der Waals surface area contributed by atoms with Crippen LogP contribution < -0.4 is 5.32 Å². The highest BCUT2D eigenvalue weighted by atomic mass is 16.5. The smallest absolute Gasteiger partial charge is 0.337 e. The molecular formula is C16H14N2O2. The van der Waals surface area contributed by atoms with Gasteiger partial charge in [-0.2, -0.15) is 5.26 Å². The normalized spacial score (nSPS) is 11.2. The molecule has 20 heavy (non-hydrogen) atoms. The summed E-state index contributed by atoms with van der Waals surface area (Å²) >= 11 is 0. The van der Waals surface area contributed by atoms with Gasteiger partial charge in [0.05, 0.1) is 18.7 Å². The molecule has 1 atom stereocenters. The largest absolute Gasteiger partial charge is 0.465 e. The van der Waals surface area contributed by atoms with E-state index in [0.717, 1.165) is 11.3 Å². The van der Waals surface area contributed by atoms with Gasteiger partial charge in [-0.3, -0.25) is 0 Å². The van der Waals surface area contributed by atoms with E-state index >= 15 is 0 Å². The van der Waals surface area contributed by atoms with Gasteiger partial charge in [0.15, 0.2) is 0 Å². The molecule has 0 heterocycles. The Morgan fingerprint density at radius 3 is 2.35 bits per heavy atom. The van der Waals surface area contributed by atoms with Crippen LogP contribution in [-0.4, -0.2) is 13.1 Å². The van der Waals surface area contributed by atoms with Gasteiger partial charge < -0.3 is 10.1 Å². The second kappa shape index (κ2) is 6.39. The van der Waals surface area contributed by atoms with Crippen LogP contribution in [0.3, 0.4) is 0 Å². The van der Waals surface area contributed by atoms with Gasteiger partial charge in [-0.1, -0.05) is 30.3 Å². The number of hydrogen-bond acceptors (Lipinski definition) is 4. The fraction of sp³-hybridized carbons (Fsp3) is 0.125. The predicted molar refractivity (Wildman–Crippen MR) is 76.2 cm³/mol. The number of carbonyl (C=O) groups is 1. The van der Waals surface area contributed by atoms with Crippen LogP contribution in [0.5, 0.6) is 0 Å². The van der Waals surface area contributed by atoms with Crippen LogP contribution in [-0.2, 0) is 4.74 Å². The van der Waals surface area contributed by atoms with Crippen molar-refractivity contribution in [2.75, 3.05) is 12.4 Å². The lowest BCUT2D eigenvalue weighted by Gasteiger charge is -2.13. The van der Waals surface area contributed by atoms with E-state index in [9.17, 15) is 10.1 Å². The molecule has 0 radical (unpaired) electrons. The maximum absolute atomic E-state index is 11.4. The van der Waals surface area contributed by atoms with E-state index in [1.165, 1.54) is 7.11 Å². The first kappa shape index (κ1) is 13.6.